The molecule has 0 aromatic heterocycles. The van der Waals surface area contributed by atoms with Crippen LogP contribution in [0.3, 0.4) is 0 Å². The number of amides is 2. The summed E-state index contributed by atoms with van der Waals surface area (Å²) < 4.78 is 0. The number of imide groups is 1. The molecule has 0 atom stereocenters. The van der Waals surface area contributed by atoms with E-state index >= 15 is 0 Å². The van der Waals surface area contributed by atoms with Crippen molar-refractivity contribution in [3.8, 4) is 0 Å². The van der Waals surface area contributed by atoms with Crippen LogP contribution in [0.25, 0.3) is 0 Å². The van der Waals surface area contributed by atoms with E-state index in [2.05, 4.69) is 0 Å². The summed E-state index contributed by atoms with van der Waals surface area (Å²) in [5.74, 6) is -0.362. The van der Waals surface area contributed by atoms with E-state index in [1.165, 1.54) is 11.8 Å². The van der Waals surface area contributed by atoms with E-state index in [1.54, 1.807) is 36.4 Å². The molecule has 1 aliphatic rings. The Morgan fingerprint density at radius 2 is 1.54 bits per heavy atom. The molecule has 4 nitrogen and oxygen atoms in total. The number of fused-ring (bicyclic) bond motifs is 1. The molecule has 122 valence electrons. The van der Waals surface area contributed by atoms with Gasteiger partial charge < -0.3 is 0 Å². The van der Waals surface area contributed by atoms with E-state index < -0.39 is 0 Å². The minimum Gasteiger partial charge on any atom is -0.299 e. The summed E-state index contributed by atoms with van der Waals surface area (Å²) >= 11 is 7.23. The van der Waals surface area contributed by atoms with Gasteiger partial charge in [0, 0.05) is 22.9 Å². The van der Waals surface area contributed by atoms with Gasteiger partial charge in [-0.15, -0.1) is 11.8 Å². The molecule has 2 aromatic rings. The number of carbonyl (C=O) groups is 3. The van der Waals surface area contributed by atoms with Crippen LogP contribution < -0.4 is 0 Å². The van der Waals surface area contributed by atoms with Crippen LogP contribution in [0.4, 0.5) is 0 Å². The van der Waals surface area contributed by atoms with Gasteiger partial charge in [-0.05, 0) is 36.4 Å². The van der Waals surface area contributed by atoms with Gasteiger partial charge in [-0.3, -0.25) is 19.3 Å². The van der Waals surface area contributed by atoms with Gasteiger partial charge in [-0.1, -0.05) is 23.7 Å². The Balaban J connectivity index is 1.53. The fourth-order valence-electron chi connectivity index (χ4n) is 2.45. The number of benzene rings is 2. The summed E-state index contributed by atoms with van der Waals surface area (Å²) in [6.07, 6.45) is 0.159. The zero-order valence-electron chi connectivity index (χ0n) is 12.7. The first-order valence-electron chi connectivity index (χ1n) is 7.41. The summed E-state index contributed by atoms with van der Waals surface area (Å²) in [5, 5.41) is 0.649. The lowest BCUT2D eigenvalue weighted by Crippen LogP contribution is -2.32. The maximum atomic E-state index is 12.2. The quantitative estimate of drug-likeness (QED) is 0.583. The first kappa shape index (κ1) is 16.7. The van der Waals surface area contributed by atoms with Crippen LogP contribution in [0.2, 0.25) is 5.02 Å². The number of carbonyl (C=O) groups excluding carboxylic acids is 3. The van der Waals surface area contributed by atoms with Gasteiger partial charge in [0.25, 0.3) is 11.8 Å². The molecule has 6 heteroatoms. The highest BCUT2D eigenvalue weighted by Gasteiger charge is 2.34. The molecule has 3 rings (SSSR count). The van der Waals surface area contributed by atoms with Crippen LogP contribution in [-0.2, 0) is 4.79 Å². The van der Waals surface area contributed by atoms with E-state index in [1.807, 2.05) is 12.1 Å². The third-order valence-corrected chi connectivity index (χ3v) is 5.03. The number of thioether (sulfide) groups is 1. The normalized spacial score (nSPS) is 13.3. The van der Waals surface area contributed by atoms with Gasteiger partial charge in [0.05, 0.1) is 16.9 Å². The summed E-state index contributed by atoms with van der Waals surface area (Å²) in [5.41, 5.74) is 0.816. The number of hydrogen-bond donors (Lipinski definition) is 0. The van der Waals surface area contributed by atoms with Crippen molar-refractivity contribution in [1.29, 1.82) is 0 Å². The van der Waals surface area contributed by atoms with Crippen molar-refractivity contribution in [2.45, 2.75) is 11.3 Å². The fraction of sp³-hybridized carbons (Fsp3) is 0.167. The average molecular weight is 360 g/mol. The van der Waals surface area contributed by atoms with Gasteiger partial charge in [0.1, 0.15) is 5.78 Å². The molecule has 0 aliphatic carbocycles. The Morgan fingerprint density at radius 1 is 0.958 bits per heavy atom. The zero-order chi connectivity index (χ0) is 17.1. The molecule has 0 saturated carbocycles. The van der Waals surface area contributed by atoms with Crippen LogP contribution in [0.5, 0.6) is 0 Å². The molecule has 24 heavy (non-hydrogen) atoms. The minimum atomic E-state index is -0.325. The summed E-state index contributed by atoms with van der Waals surface area (Å²) in [6, 6.07) is 14.0. The van der Waals surface area contributed by atoms with Gasteiger partial charge in [-0.2, -0.15) is 0 Å². The van der Waals surface area contributed by atoms with Crippen molar-refractivity contribution in [2.24, 2.45) is 0 Å². The third-order valence-electron chi connectivity index (χ3n) is 3.71. The number of hydrogen-bond acceptors (Lipinski definition) is 4. The van der Waals surface area contributed by atoms with Crippen molar-refractivity contribution in [3.05, 3.63) is 64.7 Å². The largest absolute Gasteiger partial charge is 0.299 e. The van der Waals surface area contributed by atoms with Crippen molar-refractivity contribution >= 4 is 41.0 Å². The molecule has 0 saturated heterocycles. The highest BCUT2D eigenvalue weighted by atomic mass is 35.5. The number of Topliss-reactive ketones (excluding diaryl/α,β-unsaturated/α-hetero) is 1. The molecule has 0 bridgehead atoms. The van der Waals surface area contributed by atoms with E-state index in [0.717, 1.165) is 9.80 Å². The fourth-order valence-corrected chi connectivity index (χ4v) is 3.37. The first-order valence-corrected chi connectivity index (χ1v) is 8.78. The Kier molecular flexibility index (Phi) is 5.02. The second-order valence-electron chi connectivity index (χ2n) is 5.34. The summed E-state index contributed by atoms with van der Waals surface area (Å²) in [7, 11) is 0. The molecule has 1 heterocycles. The lowest BCUT2D eigenvalue weighted by molar-refractivity contribution is -0.116. The van der Waals surface area contributed by atoms with Crippen LogP contribution in [-0.4, -0.2) is 34.8 Å². The second kappa shape index (κ2) is 7.20. The van der Waals surface area contributed by atoms with Crippen LogP contribution >= 0.6 is 23.4 Å². The summed E-state index contributed by atoms with van der Waals surface area (Å²) in [6.45, 7) is 0.117. The Labute approximate surface area is 148 Å². The highest BCUT2D eigenvalue weighted by Crippen LogP contribution is 2.23. The number of ketones is 1. The highest BCUT2D eigenvalue weighted by molar-refractivity contribution is 8.00. The number of nitrogens with zero attached hydrogens (tertiary/aromatic N) is 1. The molecule has 1 aliphatic heterocycles. The Bertz CT molecular complexity index is 769. The van der Waals surface area contributed by atoms with Crippen molar-refractivity contribution in [2.75, 3.05) is 12.3 Å². The van der Waals surface area contributed by atoms with Crippen LogP contribution in [0.15, 0.2) is 53.4 Å². The number of halogens is 1. The van der Waals surface area contributed by atoms with Crippen LogP contribution in [0.1, 0.15) is 27.1 Å². The molecule has 0 fully saturated rings. The minimum absolute atomic E-state index is 0.00786. The monoisotopic (exact) mass is 359 g/mol. The van der Waals surface area contributed by atoms with Gasteiger partial charge >= 0.3 is 0 Å². The second-order valence-corrected chi connectivity index (χ2v) is 6.82. The summed E-state index contributed by atoms with van der Waals surface area (Å²) in [4.78, 5) is 38.5. The third kappa shape index (κ3) is 3.52. The molecule has 2 amide bonds. The van der Waals surface area contributed by atoms with E-state index in [0.29, 0.717) is 21.9 Å². The standard InChI is InChI=1S/C18H14ClNO3S/c19-12-5-7-14(8-6-12)24-11-13(21)9-10-20-17(22)15-3-1-2-4-16(15)18(20)23/h1-8H,9-11H2. The van der Waals surface area contributed by atoms with E-state index in [-0.39, 0.29) is 30.6 Å². The number of rotatable bonds is 6. The molecule has 0 N–H and O–H groups in total. The predicted octanol–water partition coefficient (Wildman–Crippen LogP) is 3.69. The zero-order valence-corrected chi connectivity index (χ0v) is 14.3. The molecule has 0 radical (unpaired) electrons. The lowest BCUT2D eigenvalue weighted by Gasteiger charge is -2.12. The van der Waals surface area contributed by atoms with Gasteiger partial charge in [-0.25, -0.2) is 0 Å². The molecule has 0 unspecified atom stereocenters. The average Bonchev–Trinajstić information content (AvgIpc) is 2.84. The first-order chi connectivity index (χ1) is 11.6. The predicted molar refractivity (Wildman–Crippen MR) is 93.6 cm³/mol. The maximum Gasteiger partial charge on any atom is 0.261 e. The maximum absolute atomic E-state index is 12.2. The Morgan fingerprint density at radius 3 is 2.12 bits per heavy atom. The van der Waals surface area contributed by atoms with E-state index in [9.17, 15) is 14.4 Å². The van der Waals surface area contributed by atoms with Gasteiger partial charge in [0.15, 0.2) is 0 Å². The van der Waals surface area contributed by atoms with Gasteiger partial charge in [0.2, 0.25) is 0 Å². The Hall–Kier alpha value is -2.11. The molecular formula is C18H14ClNO3S. The molecular weight excluding hydrogens is 346 g/mol. The van der Waals surface area contributed by atoms with Crippen molar-refractivity contribution < 1.29 is 14.4 Å². The molecule has 0 spiro atoms. The lowest BCUT2D eigenvalue weighted by atomic mass is 10.1. The topological polar surface area (TPSA) is 54.5 Å². The smallest absolute Gasteiger partial charge is 0.261 e. The van der Waals surface area contributed by atoms with Crippen LogP contribution in [0, 0.1) is 0 Å². The van der Waals surface area contributed by atoms with E-state index in [4.69, 9.17) is 11.6 Å². The van der Waals surface area contributed by atoms with Crippen molar-refractivity contribution in [1.82, 2.24) is 4.90 Å². The molecule has 2 aromatic carbocycles. The van der Waals surface area contributed by atoms with Crippen molar-refractivity contribution in [3.63, 3.8) is 0 Å². The SMILES string of the molecule is O=C(CCN1C(=O)c2ccccc2C1=O)CSc1ccc(Cl)cc1.